The van der Waals surface area contributed by atoms with Crippen LogP contribution in [0.25, 0.3) is 6.08 Å². The predicted molar refractivity (Wildman–Crippen MR) is 116 cm³/mol. The van der Waals surface area contributed by atoms with Crippen LogP contribution in [0.5, 0.6) is 0 Å². The average molecular weight is 464 g/mol. The van der Waals surface area contributed by atoms with Crippen molar-refractivity contribution < 1.29 is 4.79 Å². The van der Waals surface area contributed by atoms with E-state index in [1.54, 1.807) is 54.7 Å². The van der Waals surface area contributed by atoms with Crippen LogP contribution in [0.15, 0.2) is 54.7 Å². The van der Waals surface area contributed by atoms with E-state index in [1.807, 2.05) is 0 Å². The molecule has 0 aliphatic heterocycles. The molecular formula is C17H14Cl4N4OS. The number of carbonyl (C=O) groups is 1. The van der Waals surface area contributed by atoms with Crippen LogP contribution in [0.3, 0.4) is 0 Å². The van der Waals surface area contributed by atoms with Crippen molar-refractivity contribution in [3.63, 3.8) is 0 Å². The quantitative estimate of drug-likeness (QED) is 0.263. The molecule has 1 unspecified atom stereocenters. The van der Waals surface area contributed by atoms with E-state index in [9.17, 15) is 4.79 Å². The Bertz CT molecular complexity index is 827. The molecule has 2 rings (SSSR count). The zero-order valence-corrected chi connectivity index (χ0v) is 17.5. The van der Waals surface area contributed by atoms with Crippen LogP contribution in [0.4, 0.5) is 5.82 Å². The lowest BCUT2D eigenvalue weighted by Gasteiger charge is -2.27. The average Bonchev–Trinajstić information content (AvgIpc) is 2.60. The van der Waals surface area contributed by atoms with E-state index in [1.165, 1.54) is 6.08 Å². The largest absolute Gasteiger partial charge is 0.339 e. The van der Waals surface area contributed by atoms with Crippen molar-refractivity contribution in [3.8, 4) is 0 Å². The number of halogens is 4. The highest BCUT2D eigenvalue weighted by Crippen LogP contribution is 2.29. The molecule has 0 spiro atoms. The molecule has 1 atom stereocenters. The van der Waals surface area contributed by atoms with Gasteiger partial charge in [-0.15, -0.1) is 0 Å². The molecule has 1 aromatic heterocycles. The Balaban J connectivity index is 2.00. The van der Waals surface area contributed by atoms with E-state index in [0.717, 1.165) is 0 Å². The molecule has 10 heteroatoms. The monoisotopic (exact) mass is 462 g/mol. The highest BCUT2D eigenvalue weighted by atomic mass is 35.6. The number of pyridine rings is 1. The zero-order chi connectivity index (χ0) is 19.9. The molecule has 0 saturated carbocycles. The Labute approximate surface area is 182 Å². The van der Waals surface area contributed by atoms with Gasteiger partial charge in [0.25, 0.3) is 0 Å². The Morgan fingerprint density at radius 2 is 1.81 bits per heavy atom. The molecule has 0 fully saturated rings. The summed E-state index contributed by atoms with van der Waals surface area (Å²) in [5.41, 5.74) is 0.681. The Kier molecular flexibility index (Phi) is 8.13. The summed E-state index contributed by atoms with van der Waals surface area (Å²) in [4.78, 5) is 16.3. The molecule has 3 N–H and O–H groups in total. The standard InChI is InChI=1S/C17H14Cl4N4OS/c18-12-6-2-1-5-11(12)8-9-14(26)24-15(17(19,20)21)25-16(27)23-13-7-3-4-10-22-13/h1-10,15H,(H,24,26)(H2,22,23,25,27)/b9-8+. The molecule has 27 heavy (non-hydrogen) atoms. The maximum absolute atomic E-state index is 12.2. The molecule has 1 amide bonds. The van der Waals surface area contributed by atoms with E-state index < -0.39 is 15.9 Å². The number of hydrogen-bond acceptors (Lipinski definition) is 3. The minimum atomic E-state index is -1.86. The Morgan fingerprint density at radius 1 is 1.11 bits per heavy atom. The van der Waals surface area contributed by atoms with Gasteiger partial charge in [0.05, 0.1) is 0 Å². The number of thiocarbonyl (C=S) groups is 1. The van der Waals surface area contributed by atoms with Gasteiger partial charge in [-0.3, -0.25) is 4.79 Å². The molecule has 2 aromatic rings. The fourth-order valence-electron chi connectivity index (χ4n) is 1.89. The van der Waals surface area contributed by atoms with Crippen LogP contribution in [0.1, 0.15) is 5.56 Å². The van der Waals surface area contributed by atoms with Crippen molar-refractivity contribution >= 4 is 81.5 Å². The Morgan fingerprint density at radius 3 is 2.44 bits per heavy atom. The van der Waals surface area contributed by atoms with Crippen LogP contribution in [0.2, 0.25) is 5.02 Å². The van der Waals surface area contributed by atoms with Crippen molar-refractivity contribution in [2.75, 3.05) is 5.32 Å². The highest BCUT2D eigenvalue weighted by Gasteiger charge is 2.34. The van der Waals surface area contributed by atoms with Crippen LogP contribution >= 0.6 is 58.6 Å². The third kappa shape index (κ3) is 7.52. The second kappa shape index (κ2) is 10.1. The van der Waals surface area contributed by atoms with Crippen molar-refractivity contribution in [1.82, 2.24) is 15.6 Å². The van der Waals surface area contributed by atoms with Gasteiger partial charge in [0.1, 0.15) is 12.0 Å². The molecule has 0 bridgehead atoms. The molecule has 0 aliphatic carbocycles. The number of amides is 1. The number of aromatic nitrogens is 1. The third-order valence-electron chi connectivity index (χ3n) is 3.12. The molecular weight excluding hydrogens is 450 g/mol. The van der Waals surface area contributed by atoms with Crippen LogP contribution in [0, 0.1) is 0 Å². The van der Waals surface area contributed by atoms with Crippen molar-refractivity contribution in [2.45, 2.75) is 9.96 Å². The number of hydrogen-bond donors (Lipinski definition) is 3. The van der Waals surface area contributed by atoms with Gasteiger partial charge in [-0.05, 0) is 42.1 Å². The lowest BCUT2D eigenvalue weighted by molar-refractivity contribution is -0.117. The first-order valence-corrected chi connectivity index (χ1v) is 9.46. The zero-order valence-electron chi connectivity index (χ0n) is 13.6. The number of alkyl halides is 3. The summed E-state index contributed by atoms with van der Waals surface area (Å²) in [5, 5.41) is 8.75. The summed E-state index contributed by atoms with van der Waals surface area (Å²) in [6.45, 7) is 0. The van der Waals surface area contributed by atoms with Gasteiger partial charge in [-0.2, -0.15) is 0 Å². The first kappa shape index (κ1) is 21.7. The minimum absolute atomic E-state index is 0.125. The summed E-state index contributed by atoms with van der Waals surface area (Å²) in [6.07, 6.45) is 3.34. The maximum Gasteiger partial charge on any atom is 0.245 e. The summed E-state index contributed by atoms with van der Waals surface area (Å²) < 4.78 is -1.86. The second-order valence-corrected chi connectivity index (χ2v) is 8.34. The number of nitrogens with one attached hydrogen (secondary N) is 3. The van der Waals surface area contributed by atoms with Crippen LogP contribution in [-0.2, 0) is 4.79 Å². The molecule has 0 radical (unpaired) electrons. The van der Waals surface area contributed by atoms with Crippen LogP contribution in [-0.4, -0.2) is 26.0 Å². The minimum Gasteiger partial charge on any atom is -0.339 e. The van der Waals surface area contributed by atoms with E-state index in [-0.39, 0.29) is 5.11 Å². The fraction of sp³-hybridized carbons (Fsp3) is 0.118. The first-order chi connectivity index (χ1) is 12.8. The van der Waals surface area contributed by atoms with Gasteiger partial charge in [0, 0.05) is 17.3 Å². The lowest BCUT2D eigenvalue weighted by Crippen LogP contribution is -2.55. The Hall–Kier alpha value is -1.57. The molecule has 1 heterocycles. The van der Waals surface area contributed by atoms with Crippen LogP contribution < -0.4 is 16.0 Å². The van der Waals surface area contributed by atoms with Gasteiger partial charge in [0.15, 0.2) is 5.11 Å². The lowest BCUT2D eigenvalue weighted by atomic mass is 10.2. The van der Waals surface area contributed by atoms with Crippen molar-refractivity contribution in [2.24, 2.45) is 0 Å². The topological polar surface area (TPSA) is 66.1 Å². The third-order valence-corrected chi connectivity index (χ3v) is 4.33. The number of benzene rings is 1. The van der Waals surface area contributed by atoms with Gasteiger partial charge in [0.2, 0.25) is 9.70 Å². The van der Waals surface area contributed by atoms with E-state index in [4.69, 9.17) is 58.6 Å². The normalized spacial score (nSPS) is 12.4. The van der Waals surface area contributed by atoms with E-state index in [0.29, 0.717) is 16.4 Å². The molecule has 0 aliphatic rings. The van der Waals surface area contributed by atoms with Crippen molar-refractivity contribution in [1.29, 1.82) is 0 Å². The summed E-state index contributed by atoms with van der Waals surface area (Å²) in [5.74, 6) is 0.00221. The van der Waals surface area contributed by atoms with Gasteiger partial charge < -0.3 is 16.0 Å². The summed E-state index contributed by atoms with van der Waals surface area (Å²) in [7, 11) is 0. The summed E-state index contributed by atoms with van der Waals surface area (Å²) >= 11 is 29.0. The molecule has 142 valence electrons. The fourth-order valence-corrected chi connectivity index (χ4v) is 2.63. The highest BCUT2D eigenvalue weighted by molar-refractivity contribution is 7.80. The van der Waals surface area contributed by atoms with E-state index >= 15 is 0 Å². The maximum atomic E-state index is 12.2. The number of nitrogens with zero attached hydrogens (tertiary/aromatic N) is 1. The van der Waals surface area contributed by atoms with E-state index in [2.05, 4.69) is 20.9 Å². The SMILES string of the molecule is O=C(/C=C/c1ccccc1Cl)NC(NC(=S)Nc1ccccn1)C(Cl)(Cl)Cl. The van der Waals surface area contributed by atoms with Gasteiger partial charge in [-0.1, -0.05) is 70.7 Å². The van der Waals surface area contributed by atoms with Crippen molar-refractivity contribution in [3.05, 3.63) is 65.3 Å². The smallest absolute Gasteiger partial charge is 0.245 e. The second-order valence-electron chi connectivity index (χ2n) is 5.15. The summed E-state index contributed by atoms with van der Waals surface area (Å²) in [6, 6.07) is 12.3. The number of carbonyl (C=O) groups excluding carboxylic acids is 1. The van der Waals surface area contributed by atoms with Gasteiger partial charge in [-0.25, -0.2) is 4.98 Å². The first-order valence-electron chi connectivity index (χ1n) is 7.54. The molecule has 0 saturated heterocycles. The molecule has 5 nitrogen and oxygen atoms in total. The molecule has 1 aromatic carbocycles. The number of rotatable bonds is 5. The van der Waals surface area contributed by atoms with Gasteiger partial charge >= 0.3 is 0 Å². The number of anilines is 1. The predicted octanol–water partition coefficient (Wildman–Crippen LogP) is 4.55.